The monoisotopic (exact) mass is 474 g/mol. The van der Waals surface area contributed by atoms with Crippen LogP contribution in [0.25, 0.3) is 11.4 Å². The maximum Gasteiger partial charge on any atom is 0.409 e. The van der Waals surface area contributed by atoms with E-state index in [2.05, 4.69) is 15.3 Å². The van der Waals surface area contributed by atoms with E-state index in [0.717, 1.165) is 37.0 Å². The first-order valence-corrected chi connectivity index (χ1v) is 11.7. The van der Waals surface area contributed by atoms with Crippen LogP contribution in [-0.2, 0) is 23.2 Å². The predicted octanol–water partition coefficient (Wildman–Crippen LogP) is 3.58. The van der Waals surface area contributed by atoms with Gasteiger partial charge in [-0.05, 0) is 63.5 Å². The van der Waals surface area contributed by atoms with Gasteiger partial charge in [0.15, 0.2) is 0 Å². The molecule has 2 saturated carbocycles. The summed E-state index contributed by atoms with van der Waals surface area (Å²) < 4.78 is 36.1. The van der Waals surface area contributed by atoms with E-state index in [0.29, 0.717) is 41.4 Å². The molecular formula is C24H33N5O5. The quantitative estimate of drug-likeness (QED) is 0.616. The van der Waals surface area contributed by atoms with Crippen LogP contribution in [0.1, 0.15) is 60.4 Å². The molecule has 0 unspecified atom stereocenters. The Balaban J connectivity index is 1.44. The summed E-state index contributed by atoms with van der Waals surface area (Å²) in [5.74, 6) is -0.440. The Morgan fingerprint density at radius 1 is 1.26 bits per heavy atom. The van der Waals surface area contributed by atoms with Gasteiger partial charge in [0.2, 0.25) is 0 Å². The van der Waals surface area contributed by atoms with Gasteiger partial charge in [-0.25, -0.2) is 14.5 Å². The standard InChI is InChI=1S/C24H33N5O5/c1-15-21(34-18-9-5-8-17(12-18)23(30)31)11-10-19(25-15)22-20(29(3)27-26-22)14-33-24(32)28(2)13-16-6-4-7-16/h10-11,16-18H,4-9,12-14H2,1-3H3,(H,30,31)/t17-,18-/m0/s1/i2D3. The second kappa shape index (κ2) is 10.4. The Morgan fingerprint density at radius 2 is 2.06 bits per heavy atom. The lowest BCUT2D eigenvalue weighted by Gasteiger charge is -2.29. The van der Waals surface area contributed by atoms with Crippen molar-refractivity contribution in [1.29, 1.82) is 0 Å². The molecule has 0 aliphatic heterocycles. The maximum absolute atomic E-state index is 12.7. The number of aliphatic carboxylic acids is 1. The Bertz CT molecular complexity index is 1130. The van der Waals surface area contributed by atoms with E-state index in [4.69, 9.17) is 13.6 Å². The van der Waals surface area contributed by atoms with Crippen LogP contribution in [0.5, 0.6) is 5.75 Å². The van der Waals surface area contributed by atoms with Gasteiger partial charge in [-0.15, -0.1) is 5.10 Å². The first kappa shape index (κ1) is 20.2. The molecular weight excluding hydrogens is 438 g/mol. The number of rotatable bonds is 8. The number of carbonyl (C=O) groups excluding carboxylic acids is 1. The zero-order valence-corrected chi connectivity index (χ0v) is 19.6. The summed E-state index contributed by atoms with van der Waals surface area (Å²) in [5, 5.41) is 17.5. The van der Waals surface area contributed by atoms with Crippen LogP contribution in [0.15, 0.2) is 12.1 Å². The van der Waals surface area contributed by atoms with E-state index in [-0.39, 0.29) is 25.2 Å². The van der Waals surface area contributed by atoms with Crippen LogP contribution in [-0.4, -0.2) is 61.7 Å². The predicted molar refractivity (Wildman–Crippen MR) is 123 cm³/mol. The molecule has 2 aromatic heterocycles. The third-order valence-electron chi connectivity index (χ3n) is 6.71. The Hall–Kier alpha value is -3.17. The summed E-state index contributed by atoms with van der Waals surface area (Å²) >= 11 is 0. The van der Waals surface area contributed by atoms with Crippen LogP contribution in [0, 0.1) is 18.8 Å². The second-order valence-electron chi connectivity index (χ2n) is 9.19. The number of carbonyl (C=O) groups is 2. The van der Waals surface area contributed by atoms with Gasteiger partial charge in [0.25, 0.3) is 0 Å². The summed E-state index contributed by atoms with van der Waals surface area (Å²) in [7, 11) is 1.65. The van der Waals surface area contributed by atoms with E-state index in [1.807, 2.05) is 0 Å². The van der Waals surface area contributed by atoms with Crippen LogP contribution in [0.2, 0.25) is 0 Å². The molecule has 0 radical (unpaired) electrons. The van der Waals surface area contributed by atoms with Gasteiger partial charge in [0.05, 0.1) is 23.4 Å². The molecule has 2 fully saturated rings. The molecule has 184 valence electrons. The van der Waals surface area contributed by atoms with Crippen molar-refractivity contribution >= 4 is 12.1 Å². The zero-order chi connectivity index (χ0) is 26.7. The molecule has 10 nitrogen and oxygen atoms in total. The van der Waals surface area contributed by atoms with E-state index >= 15 is 0 Å². The number of carboxylic acids is 1. The van der Waals surface area contributed by atoms with Gasteiger partial charge in [0, 0.05) is 24.7 Å². The normalized spacial score (nSPS) is 22.1. The number of ether oxygens (including phenoxy) is 2. The molecule has 1 amide bonds. The highest BCUT2D eigenvalue weighted by molar-refractivity contribution is 5.70. The van der Waals surface area contributed by atoms with Crippen molar-refractivity contribution in [1.82, 2.24) is 24.9 Å². The van der Waals surface area contributed by atoms with Gasteiger partial charge in [-0.3, -0.25) is 4.79 Å². The molecule has 0 saturated heterocycles. The number of nitrogens with zero attached hydrogens (tertiary/aromatic N) is 5. The molecule has 0 spiro atoms. The summed E-state index contributed by atoms with van der Waals surface area (Å²) in [6.45, 7) is -0.868. The average molecular weight is 475 g/mol. The zero-order valence-electron chi connectivity index (χ0n) is 22.6. The van der Waals surface area contributed by atoms with Crippen molar-refractivity contribution in [2.24, 2.45) is 18.9 Å². The van der Waals surface area contributed by atoms with Crippen molar-refractivity contribution < 1.29 is 28.3 Å². The summed E-state index contributed by atoms with van der Waals surface area (Å²) in [4.78, 5) is 29.5. The highest BCUT2D eigenvalue weighted by atomic mass is 16.6. The number of amides is 1. The molecule has 0 aromatic carbocycles. The molecule has 0 bridgehead atoms. The lowest BCUT2D eigenvalue weighted by Crippen LogP contribution is -2.34. The van der Waals surface area contributed by atoms with Gasteiger partial charge >= 0.3 is 12.1 Å². The van der Waals surface area contributed by atoms with E-state index in [1.54, 1.807) is 26.1 Å². The van der Waals surface area contributed by atoms with Gasteiger partial charge in [-0.2, -0.15) is 0 Å². The maximum atomic E-state index is 12.7. The second-order valence-corrected chi connectivity index (χ2v) is 9.19. The molecule has 2 aliphatic carbocycles. The van der Waals surface area contributed by atoms with Gasteiger partial charge < -0.3 is 19.5 Å². The lowest BCUT2D eigenvalue weighted by molar-refractivity contribution is -0.143. The Morgan fingerprint density at radius 3 is 2.74 bits per heavy atom. The third-order valence-corrected chi connectivity index (χ3v) is 6.71. The Kier molecular flexibility index (Phi) is 6.19. The molecule has 1 N–H and O–H groups in total. The fourth-order valence-corrected chi connectivity index (χ4v) is 4.41. The number of hydrogen-bond donors (Lipinski definition) is 1. The first-order valence-electron chi connectivity index (χ1n) is 13.2. The van der Waals surface area contributed by atoms with Crippen LogP contribution >= 0.6 is 0 Å². The minimum absolute atomic E-state index is 0.141. The topological polar surface area (TPSA) is 120 Å². The molecule has 2 aromatic rings. The number of hydrogen-bond acceptors (Lipinski definition) is 7. The number of carboxylic acid groups (broad SMARTS) is 1. The summed E-state index contributed by atoms with van der Waals surface area (Å²) in [6, 6.07) is 3.49. The minimum Gasteiger partial charge on any atom is -0.489 e. The largest absolute Gasteiger partial charge is 0.489 e. The average Bonchev–Trinajstić information content (AvgIpc) is 3.17. The smallest absolute Gasteiger partial charge is 0.409 e. The SMILES string of the molecule is [2H]C([2H])([2H])N(CC1CCC1)C(=O)OCc1c(-c2ccc(O[C@H]3CCC[C@H](C(=O)O)C3)c(C)n2)nnn1C. The van der Waals surface area contributed by atoms with Gasteiger partial charge in [0.1, 0.15) is 23.7 Å². The number of aromatic nitrogens is 4. The van der Waals surface area contributed by atoms with Crippen LogP contribution in [0.4, 0.5) is 4.79 Å². The van der Waals surface area contributed by atoms with Crippen molar-refractivity contribution in [3.63, 3.8) is 0 Å². The van der Waals surface area contributed by atoms with Crippen molar-refractivity contribution in [3.05, 3.63) is 23.5 Å². The number of pyridine rings is 1. The minimum atomic E-state index is -2.59. The third kappa shape index (κ3) is 5.48. The number of aryl methyl sites for hydroxylation is 2. The van der Waals surface area contributed by atoms with Crippen molar-refractivity contribution in [3.8, 4) is 17.1 Å². The highest BCUT2D eigenvalue weighted by Gasteiger charge is 2.29. The van der Waals surface area contributed by atoms with E-state index in [1.165, 1.54) is 4.68 Å². The Labute approximate surface area is 203 Å². The van der Waals surface area contributed by atoms with E-state index < -0.39 is 25.0 Å². The summed E-state index contributed by atoms with van der Waals surface area (Å²) in [6.07, 6.45) is 4.47. The van der Waals surface area contributed by atoms with Crippen molar-refractivity contribution in [2.45, 2.75) is 64.6 Å². The molecule has 2 aliphatic rings. The first-order chi connectivity index (χ1) is 17.5. The molecule has 2 atom stereocenters. The van der Waals surface area contributed by atoms with Crippen molar-refractivity contribution in [2.75, 3.05) is 13.5 Å². The lowest BCUT2D eigenvalue weighted by atomic mass is 9.85. The molecule has 4 rings (SSSR count). The highest BCUT2D eigenvalue weighted by Crippen LogP contribution is 2.31. The van der Waals surface area contributed by atoms with Crippen LogP contribution in [0.3, 0.4) is 0 Å². The van der Waals surface area contributed by atoms with E-state index in [9.17, 15) is 14.7 Å². The molecule has 2 heterocycles. The van der Waals surface area contributed by atoms with Gasteiger partial charge in [-0.1, -0.05) is 11.6 Å². The molecule has 34 heavy (non-hydrogen) atoms. The fraction of sp³-hybridized carbons (Fsp3) is 0.625. The van der Waals surface area contributed by atoms with Crippen LogP contribution < -0.4 is 4.74 Å². The molecule has 10 heteroatoms. The summed E-state index contributed by atoms with van der Waals surface area (Å²) in [5.41, 5.74) is 1.99. The fourth-order valence-electron chi connectivity index (χ4n) is 4.41.